The normalized spacial score (nSPS) is 10.7. The maximum atomic E-state index is 5.44. The van der Waals surface area contributed by atoms with Gasteiger partial charge in [-0.05, 0) is 33.9 Å². The molecule has 0 unspecified atom stereocenters. The van der Waals surface area contributed by atoms with Crippen LogP contribution >= 0.6 is 0 Å². The minimum Gasteiger partial charge on any atom is -0.496 e. The van der Waals surface area contributed by atoms with Crippen LogP contribution in [0.3, 0.4) is 0 Å². The van der Waals surface area contributed by atoms with Crippen LogP contribution in [0.2, 0.25) is 0 Å². The second-order valence-electron chi connectivity index (χ2n) is 4.27. The Bertz CT molecular complexity index is 741. The van der Waals surface area contributed by atoms with Crippen molar-refractivity contribution in [3.8, 4) is 5.75 Å². The van der Waals surface area contributed by atoms with Gasteiger partial charge in [0.1, 0.15) is 5.75 Å². The minimum absolute atomic E-state index is 0.904. The van der Waals surface area contributed by atoms with Crippen molar-refractivity contribution in [2.75, 3.05) is 7.11 Å². The third kappa shape index (κ3) is 1.48. The van der Waals surface area contributed by atoms with Crippen LogP contribution in [0.5, 0.6) is 5.75 Å². The molecule has 18 heavy (non-hydrogen) atoms. The topological polar surface area (TPSA) is 9.23 Å². The average molecular weight is 234 g/mol. The molecule has 0 heterocycles. The summed E-state index contributed by atoms with van der Waals surface area (Å²) >= 11 is 0. The Balaban J connectivity index is 2.57. The number of benzene rings is 3. The van der Waals surface area contributed by atoms with Crippen molar-refractivity contribution in [1.82, 2.24) is 0 Å². The minimum atomic E-state index is 0.904. The molecule has 1 heteroatoms. The SMILES string of the molecule is C=Cc1c2ccccc2cc2c(OC)cccc12. The highest BCUT2D eigenvalue weighted by Crippen LogP contribution is 2.34. The molecule has 1 nitrogen and oxygen atoms in total. The molecule has 0 saturated heterocycles. The van der Waals surface area contributed by atoms with E-state index in [-0.39, 0.29) is 0 Å². The molecule has 0 spiro atoms. The highest BCUT2D eigenvalue weighted by molar-refractivity contribution is 6.08. The number of fused-ring (bicyclic) bond motifs is 2. The second-order valence-corrected chi connectivity index (χ2v) is 4.27. The third-order valence-corrected chi connectivity index (χ3v) is 3.33. The molecule has 3 aromatic carbocycles. The number of hydrogen-bond donors (Lipinski definition) is 0. The summed E-state index contributed by atoms with van der Waals surface area (Å²) in [5, 5.41) is 4.76. The number of ether oxygens (including phenoxy) is 1. The molecule has 0 saturated carbocycles. The Kier molecular flexibility index (Phi) is 2.52. The van der Waals surface area contributed by atoms with Crippen molar-refractivity contribution < 1.29 is 4.74 Å². The van der Waals surface area contributed by atoms with Crippen LogP contribution in [-0.2, 0) is 0 Å². The summed E-state index contributed by atoms with van der Waals surface area (Å²) in [5.74, 6) is 0.904. The lowest BCUT2D eigenvalue weighted by Gasteiger charge is -2.11. The predicted molar refractivity (Wildman–Crippen MR) is 78.1 cm³/mol. The zero-order chi connectivity index (χ0) is 12.5. The highest BCUT2D eigenvalue weighted by Gasteiger charge is 2.07. The first-order valence-corrected chi connectivity index (χ1v) is 5.96. The van der Waals surface area contributed by atoms with E-state index < -0.39 is 0 Å². The highest BCUT2D eigenvalue weighted by atomic mass is 16.5. The fraction of sp³-hybridized carbons (Fsp3) is 0.0588. The fourth-order valence-electron chi connectivity index (χ4n) is 2.49. The summed E-state index contributed by atoms with van der Waals surface area (Å²) in [6.07, 6.45) is 1.92. The molecule has 0 N–H and O–H groups in total. The lowest BCUT2D eigenvalue weighted by molar-refractivity contribution is 0.420. The molecule has 0 amide bonds. The van der Waals surface area contributed by atoms with Gasteiger partial charge in [-0.15, -0.1) is 0 Å². The maximum absolute atomic E-state index is 5.44. The molecule has 0 aliphatic carbocycles. The number of methoxy groups -OCH3 is 1. The van der Waals surface area contributed by atoms with Crippen LogP contribution < -0.4 is 4.74 Å². The van der Waals surface area contributed by atoms with Gasteiger partial charge < -0.3 is 4.74 Å². The smallest absolute Gasteiger partial charge is 0.126 e. The predicted octanol–water partition coefficient (Wildman–Crippen LogP) is 4.64. The summed E-state index contributed by atoms with van der Waals surface area (Å²) in [6.45, 7) is 3.95. The monoisotopic (exact) mass is 234 g/mol. The van der Waals surface area contributed by atoms with Gasteiger partial charge in [-0.1, -0.05) is 49.1 Å². The van der Waals surface area contributed by atoms with Gasteiger partial charge in [0, 0.05) is 5.39 Å². The maximum Gasteiger partial charge on any atom is 0.126 e. The first-order chi connectivity index (χ1) is 8.85. The van der Waals surface area contributed by atoms with Crippen LogP contribution in [0, 0.1) is 0 Å². The molecular weight excluding hydrogens is 220 g/mol. The molecule has 3 aromatic rings. The summed E-state index contributed by atoms with van der Waals surface area (Å²) < 4.78 is 5.44. The van der Waals surface area contributed by atoms with Crippen LogP contribution in [0.4, 0.5) is 0 Å². The Labute approximate surface area is 106 Å². The van der Waals surface area contributed by atoms with E-state index in [4.69, 9.17) is 4.74 Å². The quantitative estimate of drug-likeness (QED) is 0.587. The standard InChI is InChI=1S/C17H14O/c1-3-13-14-8-5-4-7-12(14)11-16-15(13)9-6-10-17(16)18-2/h3-11H,1H2,2H3. The van der Waals surface area contributed by atoms with E-state index in [1.54, 1.807) is 7.11 Å². The Morgan fingerprint density at radius 3 is 2.50 bits per heavy atom. The van der Waals surface area contributed by atoms with Crippen molar-refractivity contribution in [3.63, 3.8) is 0 Å². The van der Waals surface area contributed by atoms with Gasteiger partial charge in [0.2, 0.25) is 0 Å². The molecule has 0 aliphatic rings. The van der Waals surface area contributed by atoms with Crippen LogP contribution in [-0.4, -0.2) is 7.11 Å². The van der Waals surface area contributed by atoms with Gasteiger partial charge in [-0.3, -0.25) is 0 Å². The summed E-state index contributed by atoms with van der Waals surface area (Å²) in [5.41, 5.74) is 1.17. The molecule has 3 rings (SSSR count). The van der Waals surface area contributed by atoms with E-state index in [0.29, 0.717) is 0 Å². The Morgan fingerprint density at radius 1 is 0.944 bits per heavy atom. The first kappa shape index (κ1) is 10.8. The van der Waals surface area contributed by atoms with E-state index in [0.717, 1.165) is 11.1 Å². The van der Waals surface area contributed by atoms with Gasteiger partial charge in [-0.2, -0.15) is 0 Å². The number of rotatable bonds is 2. The van der Waals surface area contributed by atoms with Crippen molar-refractivity contribution in [2.24, 2.45) is 0 Å². The Hall–Kier alpha value is -2.28. The van der Waals surface area contributed by atoms with Crippen molar-refractivity contribution in [1.29, 1.82) is 0 Å². The lowest BCUT2D eigenvalue weighted by atomic mass is 9.96. The molecular formula is C17H14O. The summed E-state index contributed by atoms with van der Waals surface area (Å²) in [7, 11) is 1.71. The molecule has 0 radical (unpaired) electrons. The Morgan fingerprint density at radius 2 is 1.72 bits per heavy atom. The van der Waals surface area contributed by atoms with Gasteiger partial charge in [0.25, 0.3) is 0 Å². The van der Waals surface area contributed by atoms with E-state index in [1.807, 2.05) is 18.2 Å². The summed E-state index contributed by atoms with van der Waals surface area (Å²) in [6, 6.07) is 16.7. The molecule has 0 aromatic heterocycles. The molecule has 0 atom stereocenters. The van der Waals surface area contributed by atoms with E-state index in [2.05, 4.69) is 43.0 Å². The molecule has 0 aliphatic heterocycles. The van der Waals surface area contributed by atoms with E-state index in [9.17, 15) is 0 Å². The van der Waals surface area contributed by atoms with Crippen LogP contribution in [0.25, 0.3) is 27.6 Å². The van der Waals surface area contributed by atoms with Crippen molar-refractivity contribution in [2.45, 2.75) is 0 Å². The number of hydrogen-bond acceptors (Lipinski definition) is 1. The molecule has 0 fully saturated rings. The van der Waals surface area contributed by atoms with Gasteiger partial charge in [0.15, 0.2) is 0 Å². The average Bonchev–Trinajstić information content (AvgIpc) is 2.44. The zero-order valence-corrected chi connectivity index (χ0v) is 10.3. The van der Waals surface area contributed by atoms with Crippen LogP contribution in [0.1, 0.15) is 5.56 Å². The molecule has 0 bridgehead atoms. The molecule has 88 valence electrons. The van der Waals surface area contributed by atoms with Crippen LogP contribution in [0.15, 0.2) is 55.1 Å². The second kappa shape index (κ2) is 4.19. The van der Waals surface area contributed by atoms with E-state index in [1.165, 1.54) is 21.7 Å². The van der Waals surface area contributed by atoms with Gasteiger partial charge in [-0.25, -0.2) is 0 Å². The largest absolute Gasteiger partial charge is 0.496 e. The third-order valence-electron chi connectivity index (χ3n) is 3.33. The first-order valence-electron chi connectivity index (χ1n) is 5.96. The van der Waals surface area contributed by atoms with Crippen molar-refractivity contribution >= 4 is 27.6 Å². The lowest BCUT2D eigenvalue weighted by Crippen LogP contribution is -1.88. The summed E-state index contributed by atoms with van der Waals surface area (Å²) in [4.78, 5) is 0. The fourth-order valence-corrected chi connectivity index (χ4v) is 2.49. The van der Waals surface area contributed by atoms with Gasteiger partial charge >= 0.3 is 0 Å². The zero-order valence-electron chi connectivity index (χ0n) is 10.3. The van der Waals surface area contributed by atoms with E-state index >= 15 is 0 Å². The van der Waals surface area contributed by atoms with Gasteiger partial charge in [0.05, 0.1) is 7.11 Å². The van der Waals surface area contributed by atoms with Crippen molar-refractivity contribution in [3.05, 3.63) is 60.7 Å².